The molecule has 0 radical (unpaired) electrons. The second-order valence-electron chi connectivity index (χ2n) is 8.16. The van der Waals surface area contributed by atoms with Crippen LogP contribution in [0.15, 0.2) is 15.8 Å². The summed E-state index contributed by atoms with van der Waals surface area (Å²) < 4.78 is 18.0. The van der Waals surface area contributed by atoms with Gasteiger partial charge < -0.3 is 13.9 Å². The van der Waals surface area contributed by atoms with Crippen molar-refractivity contribution in [2.75, 3.05) is 13.7 Å². The van der Waals surface area contributed by atoms with Crippen LogP contribution < -0.4 is 11.2 Å². The molecule has 0 unspecified atom stereocenters. The van der Waals surface area contributed by atoms with E-state index in [9.17, 15) is 14.4 Å². The van der Waals surface area contributed by atoms with E-state index in [1.54, 1.807) is 6.92 Å². The van der Waals surface area contributed by atoms with Crippen molar-refractivity contribution in [1.82, 2.24) is 9.55 Å². The number of carbonyl (C=O) groups excluding carboxylic acids is 1. The van der Waals surface area contributed by atoms with Gasteiger partial charge in [0.15, 0.2) is 14.5 Å². The molecule has 1 aromatic heterocycles. The Morgan fingerprint density at radius 3 is 2.50 bits per heavy atom. The summed E-state index contributed by atoms with van der Waals surface area (Å²) in [6, 6.07) is 0. The van der Waals surface area contributed by atoms with Gasteiger partial charge in [-0.1, -0.05) is 20.8 Å². The zero-order chi connectivity index (χ0) is 19.9. The number of aryl methyl sites for hydroxylation is 1. The van der Waals surface area contributed by atoms with E-state index in [1.807, 2.05) is 0 Å². The molecule has 3 atom stereocenters. The first kappa shape index (κ1) is 20.6. The highest BCUT2D eigenvalue weighted by molar-refractivity contribution is 6.74. The Labute approximate surface area is 153 Å². The second kappa shape index (κ2) is 7.13. The van der Waals surface area contributed by atoms with Crippen LogP contribution in [0.5, 0.6) is 0 Å². The lowest BCUT2D eigenvalue weighted by atomic mass is 9.94. The third-order valence-electron chi connectivity index (χ3n) is 5.33. The van der Waals surface area contributed by atoms with E-state index in [0.717, 1.165) is 0 Å². The molecule has 0 aromatic carbocycles. The van der Waals surface area contributed by atoms with Crippen molar-refractivity contribution in [1.29, 1.82) is 0 Å². The summed E-state index contributed by atoms with van der Waals surface area (Å²) in [5, 5.41) is 0.0316. The molecule has 0 spiro atoms. The predicted molar refractivity (Wildman–Crippen MR) is 98.6 cm³/mol. The largest absolute Gasteiger partial charge is 0.469 e. The first-order chi connectivity index (χ1) is 11.9. The van der Waals surface area contributed by atoms with Gasteiger partial charge in [-0.15, -0.1) is 0 Å². The summed E-state index contributed by atoms with van der Waals surface area (Å²) in [7, 11) is -0.705. The molecule has 26 heavy (non-hydrogen) atoms. The minimum Gasteiger partial charge on any atom is -0.469 e. The number of H-pyrrole nitrogens is 1. The lowest BCUT2D eigenvalue weighted by molar-refractivity contribution is -0.241. The van der Waals surface area contributed by atoms with Crippen molar-refractivity contribution in [2.45, 2.75) is 58.2 Å². The van der Waals surface area contributed by atoms with Crippen molar-refractivity contribution in [3.63, 3.8) is 0 Å². The number of ether oxygens (including phenoxy) is 2. The van der Waals surface area contributed by atoms with Crippen LogP contribution in [0.3, 0.4) is 0 Å². The SMILES string of the molecule is COC(=O)[C@H]1[C@H](n2cc(C)c(=O)[nH]c2=O)O[C@@H]1CO[Si](C)(C)C(C)(C)C. The highest BCUT2D eigenvalue weighted by Gasteiger charge is 2.51. The van der Waals surface area contributed by atoms with Crippen molar-refractivity contribution < 1.29 is 18.7 Å². The van der Waals surface area contributed by atoms with E-state index in [-0.39, 0.29) is 11.6 Å². The fourth-order valence-electron chi connectivity index (χ4n) is 2.51. The molecule has 8 nitrogen and oxygen atoms in total. The van der Waals surface area contributed by atoms with Crippen LogP contribution in [0, 0.1) is 12.8 Å². The third-order valence-corrected chi connectivity index (χ3v) is 9.83. The van der Waals surface area contributed by atoms with Crippen molar-refractivity contribution in [2.24, 2.45) is 5.92 Å². The van der Waals surface area contributed by atoms with E-state index >= 15 is 0 Å². The summed E-state index contributed by atoms with van der Waals surface area (Å²) in [4.78, 5) is 38.1. The molecule has 1 N–H and O–H groups in total. The molecule has 0 bridgehead atoms. The van der Waals surface area contributed by atoms with Gasteiger partial charge in [-0.25, -0.2) is 4.79 Å². The second-order valence-corrected chi connectivity index (χ2v) is 13.0. The highest BCUT2D eigenvalue weighted by atomic mass is 28.4. The normalized spacial score (nSPS) is 23.4. The molecule has 1 aromatic rings. The van der Waals surface area contributed by atoms with Crippen LogP contribution in [0.2, 0.25) is 18.1 Å². The van der Waals surface area contributed by atoms with Gasteiger partial charge in [-0.05, 0) is 25.1 Å². The Morgan fingerprint density at radius 1 is 1.35 bits per heavy atom. The summed E-state index contributed by atoms with van der Waals surface area (Å²) in [5.41, 5.74) is -0.723. The van der Waals surface area contributed by atoms with Crippen LogP contribution in [0.4, 0.5) is 0 Å². The summed E-state index contributed by atoms with van der Waals surface area (Å²) in [6.45, 7) is 12.5. The molecular weight excluding hydrogens is 356 g/mol. The van der Waals surface area contributed by atoms with Gasteiger partial charge in [0.25, 0.3) is 5.56 Å². The minimum absolute atomic E-state index is 0.0316. The molecule has 0 amide bonds. The predicted octanol–water partition coefficient (Wildman–Crippen LogP) is 1.55. The smallest absolute Gasteiger partial charge is 0.330 e. The number of rotatable bonds is 5. The van der Waals surface area contributed by atoms with E-state index in [0.29, 0.717) is 5.56 Å². The molecule has 2 rings (SSSR count). The standard InChI is InChI=1S/C17H28N2O6Si/c1-10-8-19(16(22)18-13(10)20)14-12(15(21)23-5)11(25-14)9-24-26(6,7)17(2,3)4/h8,11-12,14H,9H2,1-7H3,(H,18,20,22)/t11-,12-,14-/m1/s1. The number of nitrogens with zero attached hydrogens (tertiary/aromatic N) is 1. The molecule has 2 heterocycles. The van der Waals surface area contributed by atoms with Gasteiger partial charge in [-0.2, -0.15) is 0 Å². The van der Waals surface area contributed by atoms with E-state index < -0.39 is 43.8 Å². The fourth-order valence-corrected chi connectivity index (χ4v) is 3.52. The van der Waals surface area contributed by atoms with Crippen LogP contribution in [-0.4, -0.2) is 43.7 Å². The lowest BCUT2D eigenvalue weighted by Crippen LogP contribution is -2.56. The maximum absolute atomic E-state index is 12.2. The first-order valence-electron chi connectivity index (χ1n) is 8.58. The van der Waals surface area contributed by atoms with Crippen molar-refractivity contribution >= 4 is 14.3 Å². The maximum Gasteiger partial charge on any atom is 0.330 e. The number of aromatic nitrogens is 2. The quantitative estimate of drug-likeness (QED) is 0.611. The van der Waals surface area contributed by atoms with Gasteiger partial charge in [-0.3, -0.25) is 19.1 Å². The summed E-state index contributed by atoms with van der Waals surface area (Å²) in [5.74, 6) is -1.14. The molecule has 1 aliphatic rings. The van der Waals surface area contributed by atoms with Crippen LogP contribution in [0.1, 0.15) is 32.6 Å². The van der Waals surface area contributed by atoms with Gasteiger partial charge in [0.05, 0.1) is 19.8 Å². The van der Waals surface area contributed by atoms with Crippen LogP contribution >= 0.6 is 0 Å². The summed E-state index contributed by atoms with van der Waals surface area (Å²) >= 11 is 0. The molecule has 1 aliphatic heterocycles. The Hall–Kier alpha value is -1.71. The lowest BCUT2D eigenvalue weighted by Gasteiger charge is -2.45. The Bertz CT molecular complexity index is 792. The van der Waals surface area contributed by atoms with Gasteiger partial charge in [0, 0.05) is 11.8 Å². The number of aromatic amines is 1. The van der Waals surface area contributed by atoms with Crippen LogP contribution in [0.25, 0.3) is 0 Å². The average molecular weight is 385 g/mol. The third kappa shape index (κ3) is 3.84. The number of carbonyl (C=O) groups is 1. The number of esters is 1. The topological polar surface area (TPSA) is 99.6 Å². The number of hydrogen-bond donors (Lipinski definition) is 1. The van der Waals surface area contributed by atoms with E-state index in [4.69, 9.17) is 13.9 Å². The molecule has 0 saturated carbocycles. The van der Waals surface area contributed by atoms with Crippen molar-refractivity contribution in [3.8, 4) is 0 Å². The summed E-state index contributed by atoms with van der Waals surface area (Å²) in [6.07, 6.45) is 0.0754. The monoisotopic (exact) mass is 384 g/mol. The Morgan fingerprint density at radius 2 is 1.96 bits per heavy atom. The molecule has 146 valence electrons. The Kier molecular flexibility index (Phi) is 5.65. The first-order valence-corrected chi connectivity index (χ1v) is 11.5. The zero-order valence-electron chi connectivity index (χ0n) is 16.4. The number of nitrogens with one attached hydrogen (secondary N) is 1. The molecular formula is C17H28N2O6Si. The van der Waals surface area contributed by atoms with E-state index in [1.165, 1.54) is 17.9 Å². The highest BCUT2D eigenvalue weighted by Crippen LogP contribution is 2.41. The van der Waals surface area contributed by atoms with Crippen LogP contribution in [-0.2, 0) is 18.7 Å². The molecule has 1 saturated heterocycles. The zero-order valence-corrected chi connectivity index (χ0v) is 17.4. The molecule has 9 heteroatoms. The van der Waals surface area contributed by atoms with Gasteiger partial charge in [0.2, 0.25) is 0 Å². The minimum atomic E-state index is -2.00. The number of methoxy groups -OCH3 is 1. The maximum atomic E-state index is 12.2. The fraction of sp³-hybridized carbons (Fsp3) is 0.706. The molecule has 1 fully saturated rings. The van der Waals surface area contributed by atoms with E-state index in [2.05, 4.69) is 38.8 Å². The van der Waals surface area contributed by atoms with Gasteiger partial charge in [0.1, 0.15) is 5.92 Å². The van der Waals surface area contributed by atoms with Gasteiger partial charge >= 0.3 is 11.7 Å². The average Bonchev–Trinajstić information content (AvgIpc) is 2.49. The number of hydrogen-bond acceptors (Lipinski definition) is 6. The Balaban J connectivity index is 2.21. The molecule has 0 aliphatic carbocycles. The van der Waals surface area contributed by atoms with Crippen molar-refractivity contribution in [3.05, 3.63) is 32.6 Å².